The van der Waals surface area contributed by atoms with E-state index in [1.54, 1.807) is 0 Å². The molecule has 3 nitrogen and oxygen atoms in total. The van der Waals surface area contributed by atoms with E-state index in [1.807, 2.05) is 0 Å². The summed E-state index contributed by atoms with van der Waals surface area (Å²) in [4.78, 5) is 2.43. The van der Waals surface area contributed by atoms with Crippen LogP contribution >= 0.6 is 0 Å². The number of nitrogens with zero attached hydrogens (tertiary/aromatic N) is 1. The van der Waals surface area contributed by atoms with Gasteiger partial charge in [0.15, 0.2) is 0 Å². The summed E-state index contributed by atoms with van der Waals surface area (Å²) in [6.07, 6.45) is 5.53. The van der Waals surface area contributed by atoms with Crippen molar-refractivity contribution < 1.29 is 5.11 Å². The van der Waals surface area contributed by atoms with Crippen molar-refractivity contribution in [1.82, 2.24) is 4.90 Å². The van der Waals surface area contributed by atoms with Crippen molar-refractivity contribution in [3.63, 3.8) is 0 Å². The van der Waals surface area contributed by atoms with Crippen molar-refractivity contribution in [2.24, 2.45) is 11.7 Å². The molecule has 2 unspecified atom stereocenters. The van der Waals surface area contributed by atoms with Crippen LogP contribution in [0.4, 0.5) is 0 Å². The predicted molar refractivity (Wildman–Crippen MR) is 68.3 cm³/mol. The molecule has 2 atom stereocenters. The average molecular weight is 228 g/mol. The van der Waals surface area contributed by atoms with Gasteiger partial charge in [-0.25, -0.2) is 0 Å². The molecule has 1 fully saturated rings. The minimum absolute atomic E-state index is 0.127. The Labute approximate surface area is 100 Å². The number of aliphatic hydroxyl groups excluding tert-OH is 1. The van der Waals surface area contributed by atoms with E-state index >= 15 is 0 Å². The summed E-state index contributed by atoms with van der Waals surface area (Å²) in [5.74, 6) is 0.756. The maximum atomic E-state index is 9.32. The number of rotatable bonds is 5. The Balaban J connectivity index is 2.40. The third-order valence-corrected chi connectivity index (χ3v) is 3.85. The molecule has 0 spiro atoms. The largest absolute Gasteiger partial charge is 0.394 e. The smallest absolute Gasteiger partial charge is 0.0611 e. The predicted octanol–water partition coefficient (Wildman–Crippen LogP) is 1.60. The molecule has 1 saturated carbocycles. The molecule has 0 aromatic heterocycles. The van der Waals surface area contributed by atoms with Gasteiger partial charge in [-0.15, -0.1) is 0 Å². The van der Waals surface area contributed by atoms with Gasteiger partial charge in [-0.1, -0.05) is 13.8 Å². The van der Waals surface area contributed by atoms with Crippen LogP contribution in [0.2, 0.25) is 0 Å². The van der Waals surface area contributed by atoms with Crippen LogP contribution in [-0.2, 0) is 0 Å². The van der Waals surface area contributed by atoms with Crippen LogP contribution in [0.1, 0.15) is 46.0 Å². The van der Waals surface area contributed by atoms with Gasteiger partial charge < -0.3 is 15.7 Å². The lowest BCUT2D eigenvalue weighted by molar-refractivity contribution is 0.0924. The van der Waals surface area contributed by atoms with Crippen molar-refractivity contribution in [2.45, 2.75) is 57.5 Å². The third-order valence-electron chi connectivity index (χ3n) is 3.85. The van der Waals surface area contributed by atoms with Gasteiger partial charge in [-0.05, 0) is 51.6 Å². The highest BCUT2D eigenvalue weighted by molar-refractivity contribution is 4.93. The van der Waals surface area contributed by atoms with Gasteiger partial charge in [0.05, 0.1) is 6.61 Å². The van der Waals surface area contributed by atoms with Gasteiger partial charge in [-0.3, -0.25) is 0 Å². The summed E-state index contributed by atoms with van der Waals surface area (Å²) in [5.41, 5.74) is 5.84. The summed E-state index contributed by atoms with van der Waals surface area (Å²) >= 11 is 0. The molecule has 0 radical (unpaired) electrons. The second-order valence-electron chi connectivity index (χ2n) is 5.93. The van der Waals surface area contributed by atoms with Gasteiger partial charge >= 0.3 is 0 Å². The van der Waals surface area contributed by atoms with Gasteiger partial charge in [-0.2, -0.15) is 0 Å². The summed E-state index contributed by atoms with van der Waals surface area (Å²) in [6.45, 7) is 5.79. The van der Waals surface area contributed by atoms with Crippen molar-refractivity contribution >= 4 is 0 Å². The first-order valence-electron chi connectivity index (χ1n) is 6.57. The Hall–Kier alpha value is -0.120. The highest BCUT2D eigenvalue weighted by Gasteiger charge is 2.33. The zero-order valence-electron chi connectivity index (χ0n) is 11.1. The van der Waals surface area contributed by atoms with Crippen LogP contribution in [0, 0.1) is 5.92 Å². The molecule has 1 aliphatic rings. The molecule has 0 heterocycles. The molecule has 16 heavy (non-hydrogen) atoms. The number of aliphatic hydroxyl groups is 1. The fourth-order valence-corrected chi connectivity index (χ4v) is 2.53. The maximum absolute atomic E-state index is 9.32. The molecule has 0 saturated heterocycles. The summed E-state index contributed by atoms with van der Waals surface area (Å²) in [6, 6.07) is 0.560. The molecule has 1 aliphatic carbocycles. The van der Waals surface area contributed by atoms with Gasteiger partial charge in [0.25, 0.3) is 0 Å². The Kier molecular flexibility index (Phi) is 5.22. The molecular formula is C13H28N2O. The lowest BCUT2D eigenvalue weighted by Crippen LogP contribution is -2.52. The van der Waals surface area contributed by atoms with Crippen LogP contribution in [0.15, 0.2) is 0 Å². The van der Waals surface area contributed by atoms with Gasteiger partial charge in [0.1, 0.15) is 0 Å². The van der Waals surface area contributed by atoms with Crippen LogP contribution in [0.5, 0.6) is 0 Å². The molecule has 0 aromatic carbocycles. The lowest BCUT2D eigenvalue weighted by atomic mass is 9.79. The van der Waals surface area contributed by atoms with Gasteiger partial charge in [0.2, 0.25) is 0 Å². The molecule has 3 heteroatoms. The third kappa shape index (κ3) is 4.04. The average Bonchev–Trinajstić information content (AvgIpc) is 2.26. The lowest BCUT2D eigenvalue weighted by Gasteiger charge is -2.40. The van der Waals surface area contributed by atoms with E-state index in [1.165, 1.54) is 12.8 Å². The minimum atomic E-state index is -0.324. The Bertz CT molecular complexity index is 208. The van der Waals surface area contributed by atoms with Crippen LogP contribution in [0.3, 0.4) is 0 Å². The molecule has 0 aliphatic heterocycles. The number of hydrogen-bond acceptors (Lipinski definition) is 3. The van der Waals surface area contributed by atoms with Crippen molar-refractivity contribution in [2.75, 3.05) is 20.2 Å². The van der Waals surface area contributed by atoms with E-state index in [-0.39, 0.29) is 12.1 Å². The number of hydrogen-bond donors (Lipinski definition) is 2. The van der Waals surface area contributed by atoms with E-state index in [9.17, 15) is 5.11 Å². The quantitative estimate of drug-likeness (QED) is 0.751. The second kappa shape index (κ2) is 5.99. The monoisotopic (exact) mass is 228 g/mol. The fourth-order valence-electron chi connectivity index (χ4n) is 2.53. The SMILES string of the molecule is CC(C)CCN(C)C1CCCC(N)(CO)C1. The molecule has 0 bridgehead atoms. The first-order chi connectivity index (χ1) is 7.47. The topological polar surface area (TPSA) is 49.5 Å². The second-order valence-corrected chi connectivity index (χ2v) is 5.93. The van der Waals surface area contributed by atoms with E-state index in [4.69, 9.17) is 5.73 Å². The highest BCUT2D eigenvalue weighted by Crippen LogP contribution is 2.28. The Morgan fingerprint density at radius 1 is 1.50 bits per heavy atom. The first kappa shape index (κ1) is 13.9. The van der Waals surface area contributed by atoms with Crippen molar-refractivity contribution in [3.05, 3.63) is 0 Å². The standard InChI is InChI=1S/C13H28N2O/c1-11(2)6-8-15(3)12-5-4-7-13(14,9-12)10-16/h11-12,16H,4-10,14H2,1-3H3. The Morgan fingerprint density at radius 3 is 2.75 bits per heavy atom. The molecular weight excluding hydrogens is 200 g/mol. The zero-order chi connectivity index (χ0) is 12.2. The minimum Gasteiger partial charge on any atom is -0.394 e. The summed E-state index contributed by atoms with van der Waals surface area (Å²) < 4.78 is 0. The summed E-state index contributed by atoms with van der Waals surface area (Å²) in [5, 5.41) is 9.32. The highest BCUT2D eigenvalue weighted by atomic mass is 16.3. The Morgan fingerprint density at radius 2 is 2.19 bits per heavy atom. The fraction of sp³-hybridized carbons (Fsp3) is 1.00. The zero-order valence-corrected chi connectivity index (χ0v) is 11.1. The van der Waals surface area contributed by atoms with Crippen LogP contribution < -0.4 is 5.73 Å². The van der Waals surface area contributed by atoms with Crippen LogP contribution in [0.25, 0.3) is 0 Å². The van der Waals surface area contributed by atoms with Crippen LogP contribution in [-0.4, -0.2) is 41.8 Å². The molecule has 0 amide bonds. The summed E-state index contributed by atoms with van der Waals surface area (Å²) in [7, 11) is 2.19. The van der Waals surface area contributed by atoms with E-state index in [0.29, 0.717) is 6.04 Å². The van der Waals surface area contributed by atoms with E-state index < -0.39 is 0 Å². The maximum Gasteiger partial charge on any atom is 0.0611 e. The van der Waals surface area contributed by atoms with E-state index in [0.717, 1.165) is 31.7 Å². The molecule has 1 rings (SSSR count). The van der Waals surface area contributed by atoms with E-state index in [2.05, 4.69) is 25.8 Å². The molecule has 3 N–H and O–H groups in total. The molecule has 96 valence electrons. The first-order valence-corrected chi connectivity index (χ1v) is 6.57. The van der Waals surface area contributed by atoms with Crippen molar-refractivity contribution in [3.8, 4) is 0 Å². The van der Waals surface area contributed by atoms with Crippen molar-refractivity contribution in [1.29, 1.82) is 0 Å². The number of nitrogens with two attached hydrogens (primary N) is 1. The molecule has 0 aromatic rings. The normalized spacial score (nSPS) is 31.3. The van der Waals surface area contributed by atoms with Gasteiger partial charge in [0, 0.05) is 11.6 Å².